The van der Waals surface area contributed by atoms with Gasteiger partial charge in [0, 0.05) is 0 Å². The van der Waals surface area contributed by atoms with E-state index in [1.165, 1.54) is 189 Å². The van der Waals surface area contributed by atoms with Crippen molar-refractivity contribution in [3.63, 3.8) is 0 Å². The molecule has 0 saturated heterocycles. The minimum Gasteiger partial charge on any atom is -0.0619 e. The molecule has 0 atom stereocenters. The molecule has 400 valence electrons. The maximum Gasteiger partial charge on any atom is -0.00106 e. The van der Waals surface area contributed by atoms with Crippen molar-refractivity contribution >= 4 is 0 Å². The van der Waals surface area contributed by atoms with Crippen LogP contribution in [0.25, 0.3) is 55.6 Å². The summed E-state index contributed by atoms with van der Waals surface area (Å²) >= 11 is 0. The number of benzene rings is 10. The van der Waals surface area contributed by atoms with E-state index in [0.29, 0.717) is 0 Å². The van der Waals surface area contributed by atoms with Gasteiger partial charge in [-0.2, -0.15) is 0 Å². The highest BCUT2D eigenvalue weighted by atomic mass is 14.3. The average Bonchev–Trinajstić information content (AvgIpc) is 4.40. The van der Waals surface area contributed by atoms with Crippen molar-refractivity contribution in [2.24, 2.45) is 0 Å². The smallest absolute Gasteiger partial charge is 0.00106 e. The molecule has 5 aliphatic carbocycles. The SMILES string of the molecule is Cc1cc(C)c2c(c1C)Cc1ccccc1-2.Cc1cc2c(c(C)c1C)Cc1ccccc1-2.Cc1ccc2c(c1)-c1ccc(C)c(C)c1C2.Cc1ccc2c(c1)Cc1c-2ccc(C)c1C.Cc1ccc2c(c1C)Cc1cccc(C)c1-2. The molecule has 0 bridgehead atoms. The van der Waals surface area contributed by atoms with Gasteiger partial charge in [0.1, 0.15) is 0 Å². The third-order valence-corrected chi connectivity index (χ3v) is 19.2. The van der Waals surface area contributed by atoms with Gasteiger partial charge in [-0.1, -0.05) is 163 Å². The minimum atomic E-state index is 1.11. The normalized spacial score (nSPS) is 12.4. The molecule has 0 fully saturated rings. The molecule has 80 heavy (non-hydrogen) atoms. The Bertz CT molecular complexity index is 4130. The van der Waals surface area contributed by atoms with E-state index in [-0.39, 0.29) is 0 Å². The van der Waals surface area contributed by atoms with Gasteiger partial charge in [0.25, 0.3) is 0 Å². The number of hydrogen-bond donors (Lipinski definition) is 0. The Labute approximate surface area is 479 Å². The molecule has 0 saturated carbocycles. The van der Waals surface area contributed by atoms with Crippen molar-refractivity contribution in [2.75, 3.05) is 0 Å². The van der Waals surface area contributed by atoms with E-state index in [1.807, 2.05) is 0 Å². The van der Waals surface area contributed by atoms with Crippen LogP contribution in [-0.4, -0.2) is 0 Å². The molecule has 10 aromatic carbocycles. The van der Waals surface area contributed by atoms with Crippen molar-refractivity contribution in [1.82, 2.24) is 0 Å². The zero-order valence-corrected chi connectivity index (χ0v) is 50.5. The van der Waals surface area contributed by atoms with Gasteiger partial charge < -0.3 is 0 Å². The summed E-state index contributed by atoms with van der Waals surface area (Å²) in [7, 11) is 0. The summed E-state index contributed by atoms with van der Waals surface area (Å²) < 4.78 is 0. The minimum absolute atomic E-state index is 1.11. The maximum atomic E-state index is 2.35. The first-order chi connectivity index (χ1) is 38.4. The predicted molar refractivity (Wildman–Crippen MR) is 344 cm³/mol. The second kappa shape index (κ2) is 21.7. The second-order valence-electron chi connectivity index (χ2n) is 24.2. The molecule has 0 amide bonds. The summed E-state index contributed by atoms with van der Waals surface area (Å²) in [5.41, 5.74) is 51.0. The molecule has 0 N–H and O–H groups in total. The molecule has 0 nitrogen and oxygen atoms in total. The largest absolute Gasteiger partial charge is 0.0619 e. The molecule has 0 radical (unpaired) electrons. The second-order valence-corrected chi connectivity index (χ2v) is 24.2. The summed E-state index contributed by atoms with van der Waals surface area (Å²) in [6.45, 7) is 33.3. The maximum absolute atomic E-state index is 2.35. The van der Waals surface area contributed by atoms with Crippen molar-refractivity contribution in [3.8, 4) is 55.6 Å². The number of fused-ring (bicyclic) bond motifs is 15. The monoisotopic (exact) mass is 1040 g/mol. The molecule has 0 unspecified atom stereocenters. The van der Waals surface area contributed by atoms with Crippen molar-refractivity contribution in [1.29, 1.82) is 0 Å². The highest BCUT2D eigenvalue weighted by Crippen LogP contribution is 2.45. The van der Waals surface area contributed by atoms with Gasteiger partial charge in [-0.15, -0.1) is 0 Å². The van der Waals surface area contributed by atoms with Crippen molar-refractivity contribution in [3.05, 3.63) is 291 Å². The number of aryl methyl sites for hydroxylation is 9. The molecule has 0 heteroatoms. The fourth-order valence-corrected chi connectivity index (χ4v) is 13.7. The molecule has 10 aromatic rings. The van der Waals surface area contributed by atoms with Gasteiger partial charge in [0.15, 0.2) is 0 Å². The number of rotatable bonds is 0. The van der Waals surface area contributed by atoms with E-state index in [2.05, 4.69) is 256 Å². The van der Waals surface area contributed by atoms with Crippen LogP contribution in [-0.2, 0) is 32.1 Å². The fourth-order valence-electron chi connectivity index (χ4n) is 13.7. The first kappa shape index (κ1) is 54.2. The van der Waals surface area contributed by atoms with Gasteiger partial charge in [0.05, 0.1) is 0 Å². The Morgan fingerprint density at radius 2 is 0.637 bits per heavy atom. The van der Waals surface area contributed by atoms with Crippen LogP contribution in [0.5, 0.6) is 0 Å². The average molecular weight is 1040 g/mol. The molecule has 0 spiro atoms. The van der Waals surface area contributed by atoms with Crippen LogP contribution < -0.4 is 0 Å². The van der Waals surface area contributed by atoms with Crippen LogP contribution in [0.3, 0.4) is 0 Å². The quantitative estimate of drug-likeness (QED) is 0.142. The van der Waals surface area contributed by atoms with Crippen LogP contribution in [0.2, 0.25) is 0 Å². The molecule has 15 rings (SSSR count). The lowest BCUT2D eigenvalue weighted by Crippen LogP contribution is -1.93. The lowest BCUT2D eigenvalue weighted by atomic mass is 9.94. The van der Waals surface area contributed by atoms with Crippen LogP contribution in [0, 0.1) is 104 Å². The summed E-state index contributed by atoms with van der Waals surface area (Å²) in [6.07, 6.45) is 5.55. The van der Waals surface area contributed by atoms with Gasteiger partial charge in [-0.3, -0.25) is 0 Å². The van der Waals surface area contributed by atoms with E-state index in [0.717, 1.165) is 32.1 Å². The van der Waals surface area contributed by atoms with Gasteiger partial charge >= 0.3 is 0 Å². The summed E-state index contributed by atoms with van der Waals surface area (Å²) in [5.74, 6) is 0. The Balaban J connectivity index is 0.000000105. The first-order valence-electron chi connectivity index (χ1n) is 29.3. The summed E-state index contributed by atoms with van der Waals surface area (Å²) in [4.78, 5) is 0. The molecular weight excluding hydrogens is 961 g/mol. The predicted octanol–water partition coefficient (Wildman–Crippen LogP) is 20.9. The summed E-state index contributed by atoms with van der Waals surface area (Å²) in [6, 6.07) is 56.1. The van der Waals surface area contributed by atoms with E-state index >= 15 is 0 Å². The van der Waals surface area contributed by atoms with Crippen LogP contribution in [0.15, 0.2) is 152 Å². The van der Waals surface area contributed by atoms with Crippen LogP contribution >= 0.6 is 0 Å². The van der Waals surface area contributed by atoms with Crippen LogP contribution in [0.1, 0.15) is 139 Å². The van der Waals surface area contributed by atoms with Crippen molar-refractivity contribution < 1.29 is 0 Å². The summed E-state index contributed by atoms with van der Waals surface area (Å²) in [5, 5.41) is 0. The Morgan fingerprint density at radius 1 is 0.200 bits per heavy atom. The van der Waals surface area contributed by atoms with E-state index < -0.39 is 0 Å². The van der Waals surface area contributed by atoms with E-state index in [4.69, 9.17) is 0 Å². The van der Waals surface area contributed by atoms with Gasteiger partial charge in [-0.25, -0.2) is 0 Å². The molecule has 0 aromatic heterocycles. The standard InChI is InChI=1S/5C16H16/c1-10-4-6-14-13(8-10)9-16-12(3)11(2)5-7-15(14)16;1-10-4-6-13-9-15-12(3)11(2)5-7-14(15)16(13)8-10;1-10-7-8-14-15(12(10)3)9-13-6-4-5-11(2)16(13)14;1-10-8-16-14-7-5-4-6-13(14)9-15(16)12(3)11(10)2;1-10-8-11(2)16-14-7-5-4-6-13(14)9-15(16)12(10)3/h5*4-8H,9H2,1-3H3. The number of hydrogen-bond acceptors (Lipinski definition) is 0. The fraction of sp³-hybridized carbons (Fsp3) is 0.250. The highest BCUT2D eigenvalue weighted by molar-refractivity contribution is 5.84. The lowest BCUT2D eigenvalue weighted by molar-refractivity contribution is 1.17. The molecule has 0 heterocycles. The molecule has 0 aliphatic heterocycles. The zero-order chi connectivity index (χ0) is 56.4. The third kappa shape index (κ3) is 9.80. The Kier molecular flexibility index (Phi) is 14.7. The van der Waals surface area contributed by atoms with Crippen molar-refractivity contribution in [2.45, 2.75) is 136 Å². The van der Waals surface area contributed by atoms with Gasteiger partial charge in [-0.05, 0) is 320 Å². The Morgan fingerprint density at radius 3 is 1.30 bits per heavy atom. The highest BCUT2D eigenvalue weighted by Gasteiger charge is 2.26. The topological polar surface area (TPSA) is 0 Å². The lowest BCUT2D eigenvalue weighted by Gasteiger charge is -2.11. The van der Waals surface area contributed by atoms with Gasteiger partial charge in [0.2, 0.25) is 0 Å². The van der Waals surface area contributed by atoms with E-state index in [1.54, 1.807) is 5.56 Å². The molecule has 5 aliphatic rings. The first-order valence-corrected chi connectivity index (χ1v) is 29.3. The third-order valence-electron chi connectivity index (χ3n) is 19.2. The van der Waals surface area contributed by atoms with E-state index in [9.17, 15) is 0 Å². The molecular formula is C80H80. The Hall–Kier alpha value is -7.80. The van der Waals surface area contributed by atoms with Crippen LogP contribution in [0.4, 0.5) is 0 Å². The zero-order valence-electron chi connectivity index (χ0n) is 50.5.